The van der Waals surface area contributed by atoms with Crippen LogP contribution in [0.4, 0.5) is 10.8 Å². The fourth-order valence-corrected chi connectivity index (χ4v) is 3.28. The number of thioether (sulfide) groups is 1. The van der Waals surface area contributed by atoms with Gasteiger partial charge in [-0.25, -0.2) is 0 Å². The van der Waals surface area contributed by atoms with Crippen LogP contribution in [0.25, 0.3) is 0 Å². The normalized spacial score (nSPS) is 10.3. The maximum Gasteiger partial charge on any atom is 0.313 e. The Morgan fingerprint density at radius 3 is 3.00 bits per heavy atom. The quantitative estimate of drug-likeness (QED) is 0.749. The molecule has 0 fully saturated rings. The monoisotopic (exact) mass is 375 g/mol. The lowest BCUT2D eigenvalue weighted by Crippen LogP contribution is -1.96. The summed E-state index contributed by atoms with van der Waals surface area (Å²) in [4.78, 5) is 10.5. The molecule has 0 radical (unpaired) electrons. The molecule has 2 aromatic rings. The highest BCUT2D eigenvalue weighted by Crippen LogP contribution is 2.30. The summed E-state index contributed by atoms with van der Waals surface area (Å²) in [5, 5.41) is 20.2. The maximum absolute atomic E-state index is 10.5. The van der Waals surface area contributed by atoms with Crippen molar-refractivity contribution in [3.63, 3.8) is 0 Å². The van der Waals surface area contributed by atoms with Gasteiger partial charge < -0.3 is 15.2 Å². The number of halogens is 1. The van der Waals surface area contributed by atoms with Gasteiger partial charge in [-0.05, 0) is 12.1 Å². The van der Waals surface area contributed by atoms with Crippen molar-refractivity contribution in [2.24, 2.45) is 0 Å². The number of rotatable bonds is 6. The van der Waals surface area contributed by atoms with E-state index in [1.54, 1.807) is 7.11 Å². The number of carboxylic acid groups (broad SMARTS) is 1. The van der Waals surface area contributed by atoms with Gasteiger partial charge in [0.25, 0.3) is 0 Å². The molecule has 20 heavy (non-hydrogen) atoms. The first-order valence-corrected chi connectivity index (χ1v) is 7.96. The molecule has 9 heteroatoms. The van der Waals surface area contributed by atoms with Crippen LogP contribution < -0.4 is 10.1 Å². The number of carboxylic acids is 1. The molecule has 0 aliphatic heterocycles. The third kappa shape index (κ3) is 4.36. The fourth-order valence-electron chi connectivity index (χ4n) is 1.32. The average molecular weight is 376 g/mol. The van der Waals surface area contributed by atoms with E-state index in [9.17, 15) is 4.79 Å². The molecule has 6 nitrogen and oxygen atoms in total. The summed E-state index contributed by atoms with van der Waals surface area (Å²) in [6, 6.07) is 5.56. The largest absolute Gasteiger partial charge is 0.497 e. The van der Waals surface area contributed by atoms with Crippen molar-refractivity contribution in [3.8, 4) is 5.75 Å². The van der Waals surface area contributed by atoms with Gasteiger partial charge in [-0.15, -0.1) is 10.2 Å². The van der Waals surface area contributed by atoms with Crippen molar-refractivity contribution in [2.45, 2.75) is 4.34 Å². The molecule has 2 N–H and O–H groups in total. The Morgan fingerprint density at radius 1 is 1.50 bits per heavy atom. The van der Waals surface area contributed by atoms with E-state index in [4.69, 9.17) is 9.84 Å². The highest BCUT2D eigenvalue weighted by molar-refractivity contribution is 9.10. The van der Waals surface area contributed by atoms with E-state index in [2.05, 4.69) is 31.4 Å². The van der Waals surface area contributed by atoms with Crippen LogP contribution in [-0.2, 0) is 4.79 Å². The summed E-state index contributed by atoms with van der Waals surface area (Å²) >= 11 is 5.83. The average Bonchev–Trinajstić information content (AvgIpc) is 2.83. The number of benzene rings is 1. The van der Waals surface area contributed by atoms with E-state index in [1.807, 2.05) is 18.2 Å². The van der Waals surface area contributed by atoms with Gasteiger partial charge in [-0.3, -0.25) is 4.79 Å². The fraction of sp³-hybridized carbons (Fsp3) is 0.182. The Balaban J connectivity index is 2.06. The van der Waals surface area contributed by atoms with Gasteiger partial charge in [0.1, 0.15) is 5.75 Å². The third-order valence-corrected chi connectivity index (χ3v) is 4.50. The minimum Gasteiger partial charge on any atom is -0.497 e. The molecule has 0 bridgehead atoms. The first kappa shape index (κ1) is 15.1. The highest BCUT2D eigenvalue weighted by Gasteiger charge is 2.08. The van der Waals surface area contributed by atoms with E-state index >= 15 is 0 Å². The number of methoxy groups -OCH3 is 1. The summed E-state index contributed by atoms with van der Waals surface area (Å²) in [5.74, 6) is -0.192. The first-order valence-electron chi connectivity index (χ1n) is 5.36. The molecule has 1 aromatic carbocycles. The number of hydrogen-bond acceptors (Lipinski definition) is 7. The second-order valence-electron chi connectivity index (χ2n) is 3.56. The van der Waals surface area contributed by atoms with Crippen LogP contribution in [0.15, 0.2) is 27.0 Å². The molecular formula is C11H10BrN3O3S2. The maximum atomic E-state index is 10.5. The van der Waals surface area contributed by atoms with E-state index < -0.39 is 5.97 Å². The topological polar surface area (TPSA) is 84.3 Å². The molecular weight excluding hydrogens is 366 g/mol. The van der Waals surface area contributed by atoms with Gasteiger partial charge in [-0.1, -0.05) is 39.0 Å². The minimum atomic E-state index is -0.878. The van der Waals surface area contributed by atoms with Gasteiger partial charge in [0.15, 0.2) is 4.34 Å². The van der Waals surface area contributed by atoms with Crippen LogP contribution in [0.2, 0.25) is 0 Å². The lowest BCUT2D eigenvalue weighted by atomic mass is 10.3. The molecule has 1 aromatic heterocycles. The number of aromatic nitrogens is 2. The number of ether oxygens (including phenoxy) is 1. The Kier molecular flexibility index (Phi) is 5.21. The minimum absolute atomic E-state index is 0.0284. The molecule has 0 atom stereocenters. The van der Waals surface area contributed by atoms with Crippen molar-refractivity contribution in [1.82, 2.24) is 10.2 Å². The molecule has 106 valence electrons. The zero-order valence-electron chi connectivity index (χ0n) is 10.3. The first-order chi connectivity index (χ1) is 9.56. The van der Waals surface area contributed by atoms with Gasteiger partial charge in [0, 0.05) is 16.2 Å². The number of nitrogens with one attached hydrogen (secondary N) is 1. The van der Waals surface area contributed by atoms with Gasteiger partial charge >= 0.3 is 5.97 Å². The van der Waals surface area contributed by atoms with Crippen LogP contribution in [-0.4, -0.2) is 34.1 Å². The number of aliphatic carboxylic acids is 1. The molecule has 1 heterocycles. The Labute approximate surface area is 131 Å². The predicted octanol–water partition coefficient (Wildman–Crippen LogP) is 3.23. The zero-order valence-corrected chi connectivity index (χ0v) is 13.5. The summed E-state index contributed by atoms with van der Waals surface area (Å²) in [6.45, 7) is 0. The van der Waals surface area contributed by atoms with E-state index in [0.29, 0.717) is 15.2 Å². The van der Waals surface area contributed by atoms with Crippen molar-refractivity contribution in [1.29, 1.82) is 0 Å². The third-order valence-electron chi connectivity index (χ3n) is 2.08. The Bertz CT molecular complexity index is 621. The molecule has 0 spiro atoms. The summed E-state index contributed by atoms with van der Waals surface area (Å²) in [7, 11) is 1.59. The second kappa shape index (κ2) is 6.91. The van der Waals surface area contributed by atoms with Gasteiger partial charge in [0.05, 0.1) is 12.9 Å². The van der Waals surface area contributed by atoms with Crippen molar-refractivity contribution in [2.75, 3.05) is 18.2 Å². The van der Waals surface area contributed by atoms with Gasteiger partial charge in [0.2, 0.25) is 5.13 Å². The Morgan fingerprint density at radius 2 is 2.30 bits per heavy atom. The zero-order chi connectivity index (χ0) is 14.5. The van der Waals surface area contributed by atoms with Crippen LogP contribution >= 0.6 is 39.0 Å². The van der Waals surface area contributed by atoms with Crippen LogP contribution in [0.1, 0.15) is 0 Å². The van der Waals surface area contributed by atoms with Crippen molar-refractivity contribution >= 4 is 55.8 Å². The SMILES string of the molecule is COc1cc(Br)cc(Nc2nnc(SCC(=O)O)s2)c1. The number of hydrogen-bond donors (Lipinski definition) is 2. The smallest absolute Gasteiger partial charge is 0.313 e. The molecule has 0 aliphatic rings. The Hall–Kier alpha value is -1.32. The van der Waals surface area contributed by atoms with Crippen LogP contribution in [0, 0.1) is 0 Å². The number of carbonyl (C=O) groups is 1. The number of nitrogens with zero attached hydrogens (tertiary/aromatic N) is 2. The van der Waals surface area contributed by atoms with Crippen LogP contribution in [0.3, 0.4) is 0 Å². The second-order valence-corrected chi connectivity index (χ2v) is 6.68. The molecule has 0 saturated heterocycles. The molecule has 0 unspecified atom stereocenters. The standard InChI is InChI=1S/C11H10BrN3O3S2/c1-18-8-3-6(12)2-7(4-8)13-10-14-15-11(20-10)19-5-9(16)17/h2-4H,5H2,1H3,(H,13,14)(H,16,17). The highest BCUT2D eigenvalue weighted by atomic mass is 79.9. The predicted molar refractivity (Wildman–Crippen MR) is 82.2 cm³/mol. The van der Waals surface area contributed by atoms with Crippen LogP contribution in [0.5, 0.6) is 5.75 Å². The summed E-state index contributed by atoms with van der Waals surface area (Å²) < 4.78 is 6.66. The summed E-state index contributed by atoms with van der Waals surface area (Å²) in [6.07, 6.45) is 0. The lowest BCUT2D eigenvalue weighted by molar-refractivity contribution is -0.133. The molecule has 0 amide bonds. The molecule has 0 aliphatic carbocycles. The lowest BCUT2D eigenvalue weighted by Gasteiger charge is -2.06. The number of anilines is 2. The van der Waals surface area contributed by atoms with E-state index in [1.165, 1.54) is 11.3 Å². The van der Waals surface area contributed by atoms with E-state index in [-0.39, 0.29) is 5.75 Å². The van der Waals surface area contributed by atoms with Crippen molar-refractivity contribution < 1.29 is 14.6 Å². The van der Waals surface area contributed by atoms with Gasteiger partial charge in [-0.2, -0.15) is 0 Å². The summed E-state index contributed by atoms with van der Waals surface area (Å²) in [5.41, 5.74) is 0.808. The van der Waals surface area contributed by atoms with Crippen molar-refractivity contribution in [3.05, 3.63) is 22.7 Å². The van der Waals surface area contributed by atoms with E-state index in [0.717, 1.165) is 21.9 Å². The molecule has 2 rings (SSSR count). The molecule has 0 saturated carbocycles.